The number of aromatic nitrogens is 3. The van der Waals surface area contributed by atoms with Gasteiger partial charge in [-0.05, 0) is 61.2 Å². The van der Waals surface area contributed by atoms with Gasteiger partial charge in [-0.1, -0.05) is 4.98 Å². The van der Waals surface area contributed by atoms with Crippen molar-refractivity contribution in [3.05, 3.63) is 16.4 Å². The van der Waals surface area contributed by atoms with Crippen LogP contribution in [0.15, 0.2) is 6.33 Å². The summed E-state index contributed by atoms with van der Waals surface area (Å²) >= 11 is 0. The lowest BCUT2D eigenvalue weighted by Gasteiger charge is -2.55. The van der Waals surface area contributed by atoms with Crippen molar-refractivity contribution in [2.75, 3.05) is 0 Å². The molecule has 4 aliphatic rings. The van der Waals surface area contributed by atoms with Gasteiger partial charge in [0.1, 0.15) is 0 Å². The van der Waals surface area contributed by atoms with Crippen LogP contribution < -0.4 is 0 Å². The van der Waals surface area contributed by atoms with Gasteiger partial charge in [0.15, 0.2) is 0 Å². The molecular formula is C12H16N4O2. The van der Waals surface area contributed by atoms with E-state index in [9.17, 15) is 10.1 Å². The van der Waals surface area contributed by atoms with E-state index in [1.165, 1.54) is 19.3 Å². The van der Waals surface area contributed by atoms with Crippen LogP contribution in [0.3, 0.4) is 0 Å². The van der Waals surface area contributed by atoms with Crippen molar-refractivity contribution in [1.29, 1.82) is 0 Å². The van der Waals surface area contributed by atoms with Gasteiger partial charge in [0.05, 0.1) is 5.54 Å². The zero-order valence-electron chi connectivity index (χ0n) is 10.2. The monoisotopic (exact) mass is 248 g/mol. The maximum absolute atomic E-state index is 10.7. The summed E-state index contributed by atoms with van der Waals surface area (Å²) in [6.07, 6.45) is 9.06. The fraction of sp³-hybridized carbons (Fsp3) is 0.833. The molecule has 5 rings (SSSR count). The molecule has 6 heteroatoms. The molecule has 6 nitrogen and oxygen atoms in total. The molecule has 0 saturated heterocycles. The summed E-state index contributed by atoms with van der Waals surface area (Å²) in [4.78, 5) is 14.0. The zero-order chi connectivity index (χ0) is 12.3. The van der Waals surface area contributed by atoms with E-state index in [4.69, 9.17) is 0 Å². The molecule has 1 aromatic rings. The van der Waals surface area contributed by atoms with Crippen molar-refractivity contribution in [3.8, 4) is 0 Å². The standard InChI is InChI=1S/C12H16N4O2/c17-16(18)11-13-7-15(14-11)12-4-8-1-9(5-12)3-10(2-8)6-12/h7-10H,1-6H2. The lowest BCUT2D eigenvalue weighted by atomic mass is 9.53. The van der Waals surface area contributed by atoms with E-state index in [1.807, 2.05) is 4.68 Å². The highest BCUT2D eigenvalue weighted by Crippen LogP contribution is 2.58. The van der Waals surface area contributed by atoms with Gasteiger partial charge < -0.3 is 10.1 Å². The fourth-order valence-electron chi connectivity index (χ4n) is 4.91. The van der Waals surface area contributed by atoms with Gasteiger partial charge in [0.25, 0.3) is 0 Å². The molecular weight excluding hydrogens is 232 g/mol. The predicted molar refractivity (Wildman–Crippen MR) is 62.8 cm³/mol. The van der Waals surface area contributed by atoms with E-state index in [0.29, 0.717) is 0 Å². The molecule has 4 aliphatic carbocycles. The minimum absolute atomic E-state index is 0.0377. The summed E-state index contributed by atoms with van der Waals surface area (Å²) in [5, 5.41) is 14.8. The van der Waals surface area contributed by atoms with Crippen molar-refractivity contribution in [3.63, 3.8) is 0 Å². The number of rotatable bonds is 2. The lowest BCUT2D eigenvalue weighted by Crippen LogP contribution is -2.52. The van der Waals surface area contributed by atoms with Crippen LogP contribution in [-0.4, -0.2) is 19.7 Å². The Hall–Kier alpha value is -1.46. The van der Waals surface area contributed by atoms with Crippen molar-refractivity contribution in [2.45, 2.75) is 44.1 Å². The summed E-state index contributed by atoms with van der Waals surface area (Å²) < 4.78 is 1.82. The average molecular weight is 248 g/mol. The quantitative estimate of drug-likeness (QED) is 0.593. The van der Waals surface area contributed by atoms with Crippen LogP contribution in [0, 0.1) is 27.9 Å². The smallest absolute Gasteiger partial charge is 0.390 e. The Bertz CT molecular complexity index is 475. The summed E-state index contributed by atoms with van der Waals surface area (Å²) in [6, 6.07) is 0. The van der Waals surface area contributed by atoms with Crippen LogP contribution in [-0.2, 0) is 5.54 Å². The number of nitrogens with zero attached hydrogens (tertiary/aromatic N) is 4. The third kappa shape index (κ3) is 1.34. The second-order valence-corrected chi connectivity index (χ2v) is 6.39. The number of nitro groups is 1. The highest BCUT2D eigenvalue weighted by Gasteiger charge is 2.53. The molecule has 0 N–H and O–H groups in total. The minimum Gasteiger partial charge on any atom is -0.390 e. The Balaban J connectivity index is 1.72. The topological polar surface area (TPSA) is 73.8 Å². The Kier molecular flexibility index (Phi) is 1.92. The molecule has 0 atom stereocenters. The van der Waals surface area contributed by atoms with Crippen molar-refractivity contribution in [1.82, 2.24) is 14.8 Å². The van der Waals surface area contributed by atoms with Crippen LogP contribution in [0.4, 0.5) is 5.95 Å². The highest BCUT2D eigenvalue weighted by molar-refractivity contribution is 5.07. The Morgan fingerprint density at radius 3 is 2.22 bits per heavy atom. The van der Waals surface area contributed by atoms with Crippen LogP contribution in [0.5, 0.6) is 0 Å². The van der Waals surface area contributed by atoms with Gasteiger partial charge in [-0.2, -0.15) is 4.68 Å². The first-order chi connectivity index (χ1) is 8.64. The van der Waals surface area contributed by atoms with Gasteiger partial charge in [-0.3, -0.25) is 0 Å². The first-order valence-corrected chi connectivity index (χ1v) is 6.71. The molecule has 4 bridgehead atoms. The predicted octanol–water partition coefficient (Wildman–Crippen LogP) is 2.11. The summed E-state index contributed by atoms with van der Waals surface area (Å²) in [7, 11) is 0. The molecule has 0 aromatic carbocycles. The molecule has 0 spiro atoms. The summed E-state index contributed by atoms with van der Waals surface area (Å²) in [6.45, 7) is 0. The van der Waals surface area contributed by atoms with E-state index in [2.05, 4.69) is 10.1 Å². The summed E-state index contributed by atoms with van der Waals surface area (Å²) in [5.74, 6) is 2.16. The third-order valence-corrected chi connectivity index (χ3v) is 5.13. The summed E-state index contributed by atoms with van der Waals surface area (Å²) in [5.41, 5.74) is 0.0377. The Morgan fingerprint density at radius 1 is 1.22 bits per heavy atom. The molecule has 1 aromatic heterocycles. The largest absolute Gasteiger partial charge is 0.490 e. The maximum atomic E-state index is 10.7. The van der Waals surface area contributed by atoms with Crippen LogP contribution in [0.25, 0.3) is 0 Å². The van der Waals surface area contributed by atoms with Crippen LogP contribution in [0.2, 0.25) is 0 Å². The van der Waals surface area contributed by atoms with Gasteiger partial charge in [0.2, 0.25) is 6.33 Å². The maximum Gasteiger partial charge on any atom is 0.490 e. The fourth-order valence-corrected chi connectivity index (χ4v) is 4.91. The van der Waals surface area contributed by atoms with Crippen molar-refractivity contribution >= 4 is 5.95 Å². The van der Waals surface area contributed by atoms with E-state index < -0.39 is 4.92 Å². The van der Waals surface area contributed by atoms with Gasteiger partial charge in [-0.25, -0.2) is 0 Å². The zero-order valence-corrected chi connectivity index (χ0v) is 10.2. The van der Waals surface area contributed by atoms with E-state index >= 15 is 0 Å². The second kappa shape index (κ2) is 3.30. The van der Waals surface area contributed by atoms with Crippen molar-refractivity contribution in [2.24, 2.45) is 17.8 Å². The van der Waals surface area contributed by atoms with E-state index in [0.717, 1.165) is 37.0 Å². The molecule has 1 heterocycles. The minimum atomic E-state index is -0.503. The lowest BCUT2D eigenvalue weighted by molar-refractivity contribution is -0.394. The normalized spacial score (nSPS) is 41.2. The molecule has 96 valence electrons. The Labute approximate surface area is 105 Å². The van der Waals surface area contributed by atoms with E-state index in [1.54, 1.807) is 6.33 Å². The molecule has 0 amide bonds. The average Bonchev–Trinajstić information content (AvgIpc) is 2.76. The van der Waals surface area contributed by atoms with Gasteiger partial charge in [-0.15, -0.1) is 0 Å². The molecule has 4 fully saturated rings. The first kappa shape index (κ1) is 10.5. The van der Waals surface area contributed by atoms with E-state index in [-0.39, 0.29) is 11.5 Å². The molecule has 0 aliphatic heterocycles. The second-order valence-electron chi connectivity index (χ2n) is 6.39. The third-order valence-electron chi connectivity index (χ3n) is 5.13. The number of hydrogen-bond acceptors (Lipinski definition) is 4. The molecule has 4 saturated carbocycles. The van der Waals surface area contributed by atoms with Crippen LogP contribution >= 0.6 is 0 Å². The molecule has 0 radical (unpaired) electrons. The Morgan fingerprint density at radius 2 is 1.78 bits per heavy atom. The molecule has 18 heavy (non-hydrogen) atoms. The first-order valence-electron chi connectivity index (χ1n) is 6.71. The van der Waals surface area contributed by atoms with Crippen molar-refractivity contribution < 1.29 is 4.92 Å². The van der Waals surface area contributed by atoms with Crippen LogP contribution in [0.1, 0.15) is 38.5 Å². The highest BCUT2D eigenvalue weighted by atomic mass is 16.6. The molecule has 0 unspecified atom stereocenters. The number of hydrogen-bond donors (Lipinski definition) is 0. The van der Waals surface area contributed by atoms with Gasteiger partial charge in [0, 0.05) is 5.10 Å². The SMILES string of the molecule is O=[N+]([O-])c1ncn(C23CC4CC(CC(C4)C2)C3)n1. The van der Waals surface area contributed by atoms with Gasteiger partial charge >= 0.3 is 5.95 Å².